The summed E-state index contributed by atoms with van der Waals surface area (Å²) in [5.74, 6) is 1.37. The molecular weight excluding hydrogens is 434 g/mol. The van der Waals surface area contributed by atoms with Gasteiger partial charge in [-0.1, -0.05) is 92.6 Å². The van der Waals surface area contributed by atoms with E-state index in [1.165, 1.54) is 0 Å². The number of ether oxygens (including phenoxy) is 1. The molecule has 1 atom stereocenters. The third-order valence-corrected chi connectivity index (χ3v) is 6.11. The van der Waals surface area contributed by atoms with Gasteiger partial charge in [-0.05, 0) is 31.0 Å². The summed E-state index contributed by atoms with van der Waals surface area (Å²) in [6.45, 7) is 4.70. The zero-order chi connectivity index (χ0) is 24.6. The number of nitrogens with zero attached hydrogens (tertiary/aromatic N) is 2. The van der Waals surface area contributed by atoms with Gasteiger partial charge in [-0.3, -0.25) is 4.79 Å². The SMILES string of the molecule is CCCCC(NC(=O)c1c(-c2cccc(OCC)c2)nc(-c2ccccc2)n1C)c1ccccc1. The summed E-state index contributed by atoms with van der Waals surface area (Å²) in [5.41, 5.74) is 4.10. The van der Waals surface area contributed by atoms with Crippen molar-refractivity contribution in [2.75, 3.05) is 6.61 Å². The van der Waals surface area contributed by atoms with Gasteiger partial charge in [-0.15, -0.1) is 0 Å². The van der Waals surface area contributed by atoms with Crippen LogP contribution in [-0.2, 0) is 7.05 Å². The molecule has 5 heteroatoms. The lowest BCUT2D eigenvalue weighted by atomic mass is 10.0. The molecular formula is C30H33N3O2. The Morgan fingerprint density at radius 1 is 0.943 bits per heavy atom. The van der Waals surface area contributed by atoms with Crippen LogP contribution in [0.4, 0.5) is 0 Å². The highest BCUT2D eigenvalue weighted by molar-refractivity contribution is 5.99. The molecule has 0 radical (unpaired) electrons. The van der Waals surface area contributed by atoms with Gasteiger partial charge in [0.25, 0.3) is 5.91 Å². The van der Waals surface area contributed by atoms with Crippen molar-refractivity contribution in [3.8, 4) is 28.4 Å². The van der Waals surface area contributed by atoms with E-state index in [4.69, 9.17) is 9.72 Å². The summed E-state index contributed by atoms with van der Waals surface area (Å²) < 4.78 is 7.62. The fraction of sp³-hybridized carbons (Fsp3) is 0.267. The van der Waals surface area contributed by atoms with Crippen LogP contribution in [0.25, 0.3) is 22.6 Å². The molecule has 0 saturated heterocycles. The van der Waals surface area contributed by atoms with Crippen LogP contribution in [0, 0.1) is 0 Å². The van der Waals surface area contributed by atoms with E-state index in [1.807, 2.05) is 91.3 Å². The predicted molar refractivity (Wildman–Crippen MR) is 141 cm³/mol. The number of imidazole rings is 1. The van der Waals surface area contributed by atoms with Crippen LogP contribution in [0.5, 0.6) is 5.75 Å². The average molecular weight is 468 g/mol. The highest BCUT2D eigenvalue weighted by Crippen LogP contribution is 2.31. The molecule has 0 fully saturated rings. The molecule has 1 aromatic heterocycles. The smallest absolute Gasteiger partial charge is 0.270 e. The Bertz CT molecular complexity index is 1250. The fourth-order valence-corrected chi connectivity index (χ4v) is 4.35. The van der Waals surface area contributed by atoms with Crippen molar-refractivity contribution in [1.82, 2.24) is 14.9 Å². The van der Waals surface area contributed by atoms with E-state index in [1.54, 1.807) is 0 Å². The normalized spacial score (nSPS) is 11.7. The largest absolute Gasteiger partial charge is 0.494 e. The molecule has 35 heavy (non-hydrogen) atoms. The van der Waals surface area contributed by atoms with E-state index in [-0.39, 0.29) is 11.9 Å². The van der Waals surface area contributed by atoms with Crippen molar-refractivity contribution in [2.24, 2.45) is 7.05 Å². The Hall–Kier alpha value is -3.86. The Balaban J connectivity index is 1.78. The van der Waals surface area contributed by atoms with E-state index < -0.39 is 0 Å². The number of unbranched alkanes of at least 4 members (excludes halogenated alkanes) is 1. The van der Waals surface area contributed by atoms with Gasteiger partial charge in [-0.2, -0.15) is 0 Å². The Labute approximate surface area is 207 Å². The molecule has 1 heterocycles. The van der Waals surface area contributed by atoms with E-state index in [0.717, 1.165) is 47.5 Å². The van der Waals surface area contributed by atoms with E-state index >= 15 is 0 Å². The number of rotatable bonds is 10. The molecule has 4 rings (SSSR count). The molecule has 1 amide bonds. The molecule has 0 saturated carbocycles. The van der Waals surface area contributed by atoms with Crippen LogP contribution in [0.15, 0.2) is 84.9 Å². The Kier molecular flexibility index (Phi) is 7.99. The van der Waals surface area contributed by atoms with Gasteiger partial charge in [0, 0.05) is 18.2 Å². The molecule has 0 aliphatic carbocycles. The maximum Gasteiger partial charge on any atom is 0.270 e. The van der Waals surface area contributed by atoms with E-state index in [9.17, 15) is 4.79 Å². The van der Waals surface area contributed by atoms with Crippen molar-refractivity contribution < 1.29 is 9.53 Å². The molecule has 180 valence electrons. The van der Waals surface area contributed by atoms with Crippen LogP contribution in [0.2, 0.25) is 0 Å². The molecule has 0 aliphatic heterocycles. The van der Waals surface area contributed by atoms with Gasteiger partial charge in [-0.25, -0.2) is 4.98 Å². The van der Waals surface area contributed by atoms with Gasteiger partial charge in [0.15, 0.2) is 0 Å². The number of benzene rings is 3. The van der Waals surface area contributed by atoms with Crippen molar-refractivity contribution in [3.63, 3.8) is 0 Å². The Morgan fingerprint density at radius 3 is 2.31 bits per heavy atom. The fourth-order valence-electron chi connectivity index (χ4n) is 4.35. The number of amides is 1. The van der Waals surface area contributed by atoms with Crippen molar-refractivity contribution >= 4 is 5.91 Å². The topological polar surface area (TPSA) is 56.1 Å². The van der Waals surface area contributed by atoms with Crippen molar-refractivity contribution in [3.05, 3.63) is 96.2 Å². The average Bonchev–Trinajstić information content (AvgIpc) is 3.25. The van der Waals surface area contributed by atoms with Gasteiger partial charge in [0.05, 0.1) is 12.6 Å². The van der Waals surface area contributed by atoms with Crippen LogP contribution in [0.1, 0.15) is 55.2 Å². The first kappa shape index (κ1) is 24.3. The maximum absolute atomic E-state index is 13.9. The molecule has 0 spiro atoms. The minimum absolute atomic E-state index is 0.0682. The van der Waals surface area contributed by atoms with Crippen LogP contribution in [0.3, 0.4) is 0 Å². The van der Waals surface area contributed by atoms with E-state index in [0.29, 0.717) is 18.0 Å². The van der Waals surface area contributed by atoms with Gasteiger partial charge in [0.2, 0.25) is 0 Å². The molecule has 0 bridgehead atoms. The van der Waals surface area contributed by atoms with Crippen molar-refractivity contribution in [1.29, 1.82) is 0 Å². The van der Waals surface area contributed by atoms with Gasteiger partial charge >= 0.3 is 0 Å². The molecule has 4 aromatic rings. The highest BCUT2D eigenvalue weighted by Gasteiger charge is 2.25. The summed E-state index contributed by atoms with van der Waals surface area (Å²) in [4.78, 5) is 18.8. The van der Waals surface area contributed by atoms with Gasteiger partial charge < -0.3 is 14.6 Å². The summed E-state index contributed by atoms with van der Waals surface area (Å²) in [5, 5.41) is 3.31. The number of hydrogen-bond donors (Lipinski definition) is 1. The third kappa shape index (κ3) is 5.62. The summed E-state index contributed by atoms with van der Waals surface area (Å²) in [7, 11) is 1.91. The maximum atomic E-state index is 13.9. The minimum Gasteiger partial charge on any atom is -0.494 e. The monoisotopic (exact) mass is 467 g/mol. The third-order valence-electron chi connectivity index (χ3n) is 6.11. The number of hydrogen-bond acceptors (Lipinski definition) is 3. The second kappa shape index (κ2) is 11.5. The first-order valence-electron chi connectivity index (χ1n) is 12.3. The summed E-state index contributed by atoms with van der Waals surface area (Å²) in [6, 6.07) is 27.9. The van der Waals surface area contributed by atoms with Crippen LogP contribution >= 0.6 is 0 Å². The zero-order valence-electron chi connectivity index (χ0n) is 20.7. The molecule has 1 unspecified atom stereocenters. The standard InChI is InChI=1S/C30H33N3O2/c1-4-6-20-26(22-14-9-7-10-15-22)31-30(34)28-27(24-18-13-19-25(21-24)35-5-2)32-29(33(28)3)23-16-11-8-12-17-23/h7-19,21,26H,4-6,20H2,1-3H3,(H,31,34). The first-order valence-corrected chi connectivity index (χ1v) is 12.3. The first-order chi connectivity index (χ1) is 17.1. The molecule has 5 nitrogen and oxygen atoms in total. The van der Waals surface area contributed by atoms with Crippen LogP contribution < -0.4 is 10.1 Å². The highest BCUT2D eigenvalue weighted by atomic mass is 16.5. The van der Waals surface area contributed by atoms with Gasteiger partial charge in [0.1, 0.15) is 23.0 Å². The number of carbonyl (C=O) groups is 1. The zero-order valence-corrected chi connectivity index (χ0v) is 20.7. The predicted octanol–water partition coefficient (Wildman–Crippen LogP) is 6.81. The quantitative estimate of drug-likeness (QED) is 0.279. The molecule has 3 aromatic carbocycles. The lowest BCUT2D eigenvalue weighted by Gasteiger charge is -2.20. The van der Waals surface area contributed by atoms with E-state index in [2.05, 4.69) is 24.4 Å². The number of aromatic nitrogens is 2. The molecule has 1 N–H and O–H groups in total. The molecule has 0 aliphatic rings. The number of carbonyl (C=O) groups excluding carboxylic acids is 1. The minimum atomic E-state index is -0.135. The Morgan fingerprint density at radius 2 is 1.63 bits per heavy atom. The lowest BCUT2D eigenvalue weighted by Crippen LogP contribution is -2.30. The summed E-state index contributed by atoms with van der Waals surface area (Å²) >= 11 is 0. The lowest BCUT2D eigenvalue weighted by molar-refractivity contribution is 0.0926. The van der Waals surface area contributed by atoms with Crippen LogP contribution in [-0.4, -0.2) is 22.1 Å². The second-order valence-electron chi connectivity index (χ2n) is 8.60. The second-order valence-corrected chi connectivity index (χ2v) is 8.60. The number of nitrogens with one attached hydrogen (secondary N) is 1. The van der Waals surface area contributed by atoms with Crippen molar-refractivity contribution in [2.45, 2.75) is 39.2 Å². The summed E-state index contributed by atoms with van der Waals surface area (Å²) in [6.07, 6.45) is 2.98.